The third-order valence-corrected chi connectivity index (χ3v) is 4.54. The molecule has 0 spiro atoms. The maximum absolute atomic E-state index is 12.0. The molecule has 0 atom stereocenters. The smallest absolute Gasteiger partial charge is 0.268 e. The van der Waals surface area contributed by atoms with Gasteiger partial charge >= 0.3 is 0 Å². The summed E-state index contributed by atoms with van der Waals surface area (Å²) in [6.45, 7) is 0.482. The number of nitrogens with zero attached hydrogens (tertiary/aromatic N) is 4. The van der Waals surface area contributed by atoms with Crippen LogP contribution in [0.15, 0.2) is 23.6 Å². The predicted octanol–water partition coefficient (Wildman–Crippen LogP) is 2.08. The van der Waals surface area contributed by atoms with Crippen LogP contribution in [-0.2, 0) is 6.54 Å². The highest BCUT2D eigenvalue weighted by molar-refractivity contribution is 14.1. The normalized spacial score (nSPS) is 15.0. The second kappa shape index (κ2) is 4.65. The molecule has 1 aliphatic carbocycles. The molecule has 2 heterocycles. The van der Waals surface area contributed by atoms with Gasteiger partial charge in [0.15, 0.2) is 0 Å². The Hall–Kier alpha value is -0.890. The molecular weight excluding hydrogens is 367 g/mol. The van der Waals surface area contributed by atoms with Gasteiger partial charge in [-0.15, -0.1) is 0 Å². The van der Waals surface area contributed by atoms with E-state index in [0.29, 0.717) is 16.2 Å². The fraction of sp³-hybridized carbons (Fsp3) is 0.364. The van der Waals surface area contributed by atoms with E-state index in [2.05, 4.69) is 14.5 Å². The van der Waals surface area contributed by atoms with Crippen LogP contribution in [0.3, 0.4) is 0 Å². The van der Waals surface area contributed by atoms with Crippen molar-refractivity contribution in [2.24, 2.45) is 0 Å². The van der Waals surface area contributed by atoms with Gasteiger partial charge in [-0.2, -0.15) is 0 Å². The molecule has 2 aromatic heterocycles. The van der Waals surface area contributed by atoms with E-state index in [0.717, 1.165) is 5.69 Å². The van der Waals surface area contributed by atoms with Crippen LogP contribution in [0.25, 0.3) is 0 Å². The molecule has 0 radical (unpaired) electrons. The van der Waals surface area contributed by atoms with Gasteiger partial charge in [-0.1, -0.05) is 11.6 Å². The van der Waals surface area contributed by atoms with E-state index in [1.165, 1.54) is 19.2 Å². The number of rotatable bonds is 3. The summed E-state index contributed by atoms with van der Waals surface area (Å²) in [7, 11) is 0. The van der Waals surface area contributed by atoms with Gasteiger partial charge in [0.2, 0.25) is 0 Å². The van der Waals surface area contributed by atoms with E-state index >= 15 is 0 Å². The van der Waals surface area contributed by atoms with Crippen molar-refractivity contribution < 1.29 is 0 Å². The minimum absolute atomic E-state index is 0.112. The van der Waals surface area contributed by atoms with Gasteiger partial charge in [0.05, 0.1) is 24.9 Å². The maximum atomic E-state index is 12.0. The number of hydrogen-bond acceptors (Lipinski definition) is 3. The number of imidazole rings is 1. The second-order valence-corrected chi connectivity index (χ2v) is 5.74. The highest BCUT2D eigenvalue weighted by Gasteiger charge is 2.25. The van der Waals surface area contributed by atoms with Gasteiger partial charge in [-0.25, -0.2) is 9.97 Å². The zero-order chi connectivity index (χ0) is 12.7. The van der Waals surface area contributed by atoms with Crippen molar-refractivity contribution in [2.75, 3.05) is 0 Å². The van der Waals surface area contributed by atoms with E-state index in [1.807, 2.05) is 28.9 Å². The van der Waals surface area contributed by atoms with Gasteiger partial charge in [0.1, 0.15) is 8.72 Å². The van der Waals surface area contributed by atoms with Gasteiger partial charge in [-0.3, -0.25) is 9.36 Å². The average Bonchev–Trinajstić information content (AvgIpc) is 3.11. The summed E-state index contributed by atoms with van der Waals surface area (Å²) >= 11 is 7.73. The van der Waals surface area contributed by atoms with Crippen LogP contribution in [0.1, 0.15) is 24.6 Å². The van der Waals surface area contributed by atoms with Crippen LogP contribution in [-0.4, -0.2) is 19.1 Å². The lowest BCUT2D eigenvalue weighted by atomic mass is 10.4. The zero-order valence-corrected chi connectivity index (χ0v) is 12.3. The van der Waals surface area contributed by atoms with Gasteiger partial charge in [-0.05, 0) is 35.4 Å². The fourth-order valence-corrected chi connectivity index (χ4v) is 2.44. The van der Waals surface area contributed by atoms with E-state index in [1.54, 1.807) is 10.8 Å². The van der Waals surface area contributed by atoms with Crippen LogP contribution in [0, 0.1) is 3.57 Å². The largest absolute Gasteiger partial charge is 0.330 e. The summed E-state index contributed by atoms with van der Waals surface area (Å²) in [4.78, 5) is 20.2. The standard InChI is InChI=1S/C11H10ClIN4O/c12-10-9(13)11(18)16(6-15-10)4-8-3-14-5-17(8)7-1-2-7/h3,5-7H,1-2,4H2. The molecule has 18 heavy (non-hydrogen) atoms. The molecule has 5 nitrogen and oxygen atoms in total. The average molecular weight is 377 g/mol. The van der Waals surface area contributed by atoms with Crippen LogP contribution in [0.2, 0.25) is 5.15 Å². The molecule has 1 saturated carbocycles. The molecule has 0 saturated heterocycles. The SMILES string of the molecule is O=c1c(I)c(Cl)ncn1Cc1cncn1C1CC1. The minimum atomic E-state index is -0.112. The summed E-state index contributed by atoms with van der Waals surface area (Å²) in [5.41, 5.74) is 0.915. The Morgan fingerprint density at radius 2 is 2.22 bits per heavy atom. The van der Waals surface area contributed by atoms with Crippen LogP contribution in [0.4, 0.5) is 0 Å². The van der Waals surface area contributed by atoms with Crippen LogP contribution in [0.5, 0.6) is 0 Å². The Morgan fingerprint density at radius 3 is 2.94 bits per heavy atom. The molecule has 0 amide bonds. The first-order valence-corrected chi connectivity index (χ1v) is 7.03. The van der Waals surface area contributed by atoms with Crippen molar-refractivity contribution >= 4 is 34.2 Å². The lowest BCUT2D eigenvalue weighted by Gasteiger charge is -2.09. The quantitative estimate of drug-likeness (QED) is 0.609. The Kier molecular flexibility index (Phi) is 3.14. The number of halogens is 2. The first-order chi connectivity index (χ1) is 8.66. The van der Waals surface area contributed by atoms with Crippen molar-refractivity contribution in [1.82, 2.24) is 19.1 Å². The fourth-order valence-electron chi connectivity index (χ4n) is 1.87. The monoisotopic (exact) mass is 376 g/mol. The van der Waals surface area contributed by atoms with Crippen molar-refractivity contribution in [1.29, 1.82) is 0 Å². The van der Waals surface area contributed by atoms with Gasteiger partial charge in [0.25, 0.3) is 5.56 Å². The molecular formula is C11H10ClIN4O. The van der Waals surface area contributed by atoms with Gasteiger partial charge in [0, 0.05) is 12.2 Å². The molecule has 94 valence electrons. The van der Waals surface area contributed by atoms with Crippen molar-refractivity contribution in [3.63, 3.8) is 0 Å². The lowest BCUT2D eigenvalue weighted by molar-refractivity contribution is 0.636. The second-order valence-electron chi connectivity index (χ2n) is 4.31. The minimum Gasteiger partial charge on any atom is -0.330 e. The molecule has 1 fully saturated rings. The van der Waals surface area contributed by atoms with Crippen molar-refractivity contribution in [3.05, 3.63) is 43.6 Å². The maximum Gasteiger partial charge on any atom is 0.268 e. The molecule has 0 bridgehead atoms. The van der Waals surface area contributed by atoms with Crippen LogP contribution >= 0.6 is 34.2 Å². The van der Waals surface area contributed by atoms with Crippen molar-refractivity contribution in [2.45, 2.75) is 25.4 Å². The molecule has 3 rings (SSSR count). The summed E-state index contributed by atoms with van der Waals surface area (Å²) in [5, 5.41) is 0.257. The number of aromatic nitrogens is 4. The third kappa shape index (κ3) is 2.18. The highest BCUT2D eigenvalue weighted by atomic mass is 127. The van der Waals surface area contributed by atoms with E-state index < -0.39 is 0 Å². The first kappa shape index (κ1) is 12.2. The molecule has 2 aromatic rings. The molecule has 0 aromatic carbocycles. The zero-order valence-electron chi connectivity index (χ0n) is 9.38. The predicted molar refractivity (Wildman–Crippen MR) is 75.8 cm³/mol. The lowest BCUT2D eigenvalue weighted by Crippen LogP contribution is -2.24. The van der Waals surface area contributed by atoms with Crippen LogP contribution < -0.4 is 5.56 Å². The molecule has 0 N–H and O–H groups in total. The first-order valence-electron chi connectivity index (χ1n) is 5.58. The third-order valence-electron chi connectivity index (χ3n) is 2.96. The van der Waals surface area contributed by atoms with E-state index in [4.69, 9.17) is 11.6 Å². The van der Waals surface area contributed by atoms with Crippen molar-refractivity contribution in [3.8, 4) is 0 Å². The Balaban J connectivity index is 1.95. The summed E-state index contributed by atoms with van der Waals surface area (Å²) < 4.78 is 4.14. The summed E-state index contributed by atoms with van der Waals surface area (Å²) in [6.07, 6.45) is 7.49. The summed E-state index contributed by atoms with van der Waals surface area (Å²) in [5.74, 6) is 0. The van der Waals surface area contributed by atoms with E-state index in [9.17, 15) is 4.79 Å². The number of hydrogen-bond donors (Lipinski definition) is 0. The Labute approximate surface area is 122 Å². The topological polar surface area (TPSA) is 52.7 Å². The molecule has 7 heteroatoms. The molecule has 0 aliphatic heterocycles. The van der Waals surface area contributed by atoms with Gasteiger partial charge < -0.3 is 4.57 Å². The molecule has 0 unspecified atom stereocenters. The Morgan fingerprint density at radius 1 is 1.44 bits per heavy atom. The molecule has 1 aliphatic rings. The Bertz CT molecular complexity index is 647. The summed E-state index contributed by atoms with van der Waals surface area (Å²) in [6, 6.07) is 0.553. The highest BCUT2D eigenvalue weighted by Crippen LogP contribution is 2.35. The van der Waals surface area contributed by atoms with E-state index in [-0.39, 0.29) is 10.7 Å².